The topological polar surface area (TPSA) is 80.3 Å². The van der Waals surface area contributed by atoms with Gasteiger partial charge in [-0.15, -0.1) is 0 Å². The van der Waals surface area contributed by atoms with E-state index in [4.69, 9.17) is 14.2 Å². The Hall–Kier alpha value is -3.26. The second kappa shape index (κ2) is 12.8. The second-order valence-electron chi connectivity index (χ2n) is 9.79. The number of ether oxygens (including phenoxy) is 3. The first-order chi connectivity index (χ1) is 18.0. The lowest BCUT2D eigenvalue weighted by molar-refractivity contribution is -0.126. The highest BCUT2D eigenvalue weighted by Crippen LogP contribution is 2.28. The third kappa shape index (κ3) is 6.74. The third-order valence-corrected chi connectivity index (χ3v) is 7.67. The summed E-state index contributed by atoms with van der Waals surface area (Å²) in [6.07, 6.45) is 4.47. The summed E-state index contributed by atoms with van der Waals surface area (Å²) in [7, 11) is 4.87. The van der Waals surface area contributed by atoms with Crippen molar-refractivity contribution in [3.05, 3.63) is 53.6 Å². The molecule has 200 valence electrons. The van der Waals surface area contributed by atoms with Crippen LogP contribution in [0, 0.1) is 5.92 Å². The largest absolute Gasteiger partial charge is 0.497 e. The molecule has 2 aromatic carbocycles. The molecule has 0 unspecified atom stereocenters. The van der Waals surface area contributed by atoms with E-state index < -0.39 is 0 Å². The molecule has 2 aliphatic rings. The van der Waals surface area contributed by atoms with E-state index in [1.807, 2.05) is 47.4 Å². The fourth-order valence-electron chi connectivity index (χ4n) is 5.39. The summed E-state index contributed by atoms with van der Waals surface area (Å²) >= 11 is 0. The summed E-state index contributed by atoms with van der Waals surface area (Å²) in [6.45, 7) is 4.02. The van der Waals surface area contributed by atoms with Crippen LogP contribution in [0.3, 0.4) is 0 Å². The van der Waals surface area contributed by atoms with E-state index in [9.17, 15) is 9.59 Å². The van der Waals surface area contributed by atoms with Crippen LogP contribution in [0.2, 0.25) is 0 Å². The van der Waals surface area contributed by atoms with Crippen molar-refractivity contribution in [3.63, 3.8) is 0 Å². The Morgan fingerprint density at radius 1 is 0.838 bits per heavy atom. The van der Waals surface area contributed by atoms with Crippen LogP contribution in [0.1, 0.15) is 41.6 Å². The van der Waals surface area contributed by atoms with Crippen LogP contribution in [-0.4, -0.2) is 81.7 Å². The van der Waals surface area contributed by atoms with Gasteiger partial charge >= 0.3 is 0 Å². The molecule has 1 N–H and O–H groups in total. The van der Waals surface area contributed by atoms with Crippen molar-refractivity contribution in [3.8, 4) is 17.2 Å². The maximum atomic E-state index is 12.9. The Morgan fingerprint density at radius 2 is 1.51 bits per heavy atom. The maximum absolute atomic E-state index is 12.9. The summed E-state index contributed by atoms with van der Waals surface area (Å²) in [6, 6.07) is 13.7. The number of hydrogen-bond donors (Lipinski definition) is 1. The van der Waals surface area contributed by atoms with E-state index in [2.05, 4.69) is 10.2 Å². The minimum atomic E-state index is 0.0680. The Bertz CT molecular complexity index is 1040. The fourth-order valence-corrected chi connectivity index (χ4v) is 5.39. The van der Waals surface area contributed by atoms with Gasteiger partial charge in [-0.2, -0.15) is 0 Å². The molecule has 2 heterocycles. The van der Waals surface area contributed by atoms with Gasteiger partial charge in [0.15, 0.2) is 11.5 Å². The van der Waals surface area contributed by atoms with Gasteiger partial charge in [-0.1, -0.05) is 6.07 Å². The molecule has 0 aromatic heterocycles. The standard InChI is InChI=1S/C29H39N3O5/c1-35-25-7-5-23(6-8-25)29(34)32-18-13-24(14-19-32)31-16-11-22(12-17-31)28(33)30-15-10-21-4-9-26(36-2)27(20-21)37-3/h4-9,20,22,24H,10-19H2,1-3H3,(H,30,33). The van der Waals surface area contributed by atoms with E-state index >= 15 is 0 Å². The van der Waals surface area contributed by atoms with Crippen molar-refractivity contribution in [1.82, 2.24) is 15.1 Å². The molecule has 0 atom stereocenters. The number of benzene rings is 2. The highest BCUT2D eigenvalue weighted by molar-refractivity contribution is 5.94. The van der Waals surface area contributed by atoms with Gasteiger partial charge in [0.1, 0.15) is 5.75 Å². The van der Waals surface area contributed by atoms with E-state index in [0.717, 1.165) is 69.6 Å². The molecule has 8 nitrogen and oxygen atoms in total. The summed E-state index contributed by atoms with van der Waals surface area (Å²) in [5, 5.41) is 3.12. The van der Waals surface area contributed by atoms with Gasteiger partial charge < -0.3 is 29.3 Å². The Balaban J connectivity index is 1.16. The lowest BCUT2D eigenvalue weighted by atomic mass is 9.92. The SMILES string of the molecule is COc1ccc(C(=O)N2CCC(N3CCC(C(=O)NCCc4ccc(OC)c(OC)c4)CC3)CC2)cc1. The molecule has 0 bridgehead atoms. The Labute approximate surface area is 219 Å². The van der Waals surface area contributed by atoms with Gasteiger partial charge in [0.25, 0.3) is 5.91 Å². The molecule has 8 heteroatoms. The minimum Gasteiger partial charge on any atom is -0.497 e. The van der Waals surface area contributed by atoms with E-state index in [-0.39, 0.29) is 17.7 Å². The summed E-state index contributed by atoms with van der Waals surface area (Å²) in [4.78, 5) is 30.1. The molecular weight excluding hydrogens is 470 g/mol. The molecule has 4 rings (SSSR count). The van der Waals surface area contributed by atoms with Crippen LogP contribution in [-0.2, 0) is 11.2 Å². The van der Waals surface area contributed by atoms with Gasteiger partial charge in [-0.25, -0.2) is 0 Å². The first-order valence-electron chi connectivity index (χ1n) is 13.2. The average Bonchev–Trinajstić information content (AvgIpc) is 2.96. The second-order valence-corrected chi connectivity index (χ2v) is 9.79. The quantitative estimate of drug-likeness (QED) is 0.558. The van der Waals surface area contributed by atoms with Gasteiger partial charge in [0.05, 0.1) is 21.3 Å². The van der Waals surface area contributed by atoms with Crippen LogP contribution >= 0.6 is 0 Å². The van der Waals surface area contributed by atoms with E-state index in [1.54, 1.807) is 21.3 Å². The Morgan fingerprint density at radius 3 is 2.14 bits per heavy atom. The zero-order valence-corrected chi connectivity index (χ0v) is 22.2. The number of carbonyl (C=O) groups is 2. The lowest BCUT2D eigenvalue weighted by Crippen LogP contribution is -2.50. The average molecular weight is 510 g/mol. The highest BCUT2D eigenvalue weighted by Gasteiger charge is 2.31. The van der Waals surface area contributed by atoms with Crippen molar-refractivity contribution in [1.29, 1.82) is 0 Å². The predicted octanol–water partition coefficient (Wildman–Crippen LogP) is 3.39. The number of nitrogens with one attached hydrogen (secondary N) is 1. The van der Waals surface area contributed by atoms with Crippen molar-refractivity contribution in [2.24, 2.45) is 5.92 Å². The van der Waals surface area contributed by atoms with Crippen LogP contribution in [0.5, 0.6) is 17.2 Å². The Kier molecular flexibility index (Phi) is 9.28. The van der Waals surface area contributed by atoms with E-state index in [1.165, 1.54) is 0 Å². The van der Waals surface area contributed by atoms with Gasteiger partial charge in [-0.3, -0.25) is 9.59 Å². The molecule has 0 radical (unpaired) electrons. The van der Waals surface area contributed by atoms with Crippen molar-refractivity contribution in [2.75, 3.05) is 54.1 Å². The molecule has 2 saturated heterocycles. The molecule has 2 fully saturated rings. The van der Waals surface area contributed by atoms with Crippen LogP contribution < -0.4 is 19.5 Å². The zero-order valence-electron chi connectivity index (χ0n) is 22.2. The number of rotatable bonds is 9. The van der Waals surface area contributed by atoms with Gasteiger partial charge in [0.2, 0.25) is 5.91 Å². The van der Waals surface area contributed by atoms with Crippen molar-refractivity contribution < 1.29 is 23.8 Å². The number of methoxy groups -OCH3 is 3. The maximum Gasteiger partial charge on any atom is 0.253 e. The molecule has 2 aliphatic heterocycles. The predicted molar refractivity (Wildman–Crippen MR) is 142 cm³/mol. The summed E-state index contributed by atoms with van der Waals surface area (Å²) in [5.74, 6) is 2.47. The normalized spacial score (nSPS) is 17.3. The summed E-state index contributed by atoms with van der Waals surface area (Å²) < 4.78 is 15.8. The number of likely N-dealkylation sites (tertiary alicyclic amines) is 2. The first kappa shape index (κ1) is 26.8. The number of hydrogen-bond acceptors (Lipinski definition) is 6. The molecule has 37 heavy (non-hydrogen) atoms. The lowest BCUT2D eigenvalue weighted by Gasteiger charge is -2.41. The number of amides is 2. The van der Waals surface area contributed by atoms with Gasteiger partial charge in [0, 0.05) is 37.2 Å². The molecule has 0 aliphatic carbocycles. The van der Waals surface area contributed by atoms with Crippen LogP contribution in [0.15, 0.2) is 42.5 Å². The minimum absolute atomic E-state index is 0.0680. The van der Waals surface area contributed by atoms with Crippen molar-refractivity contribution >= 4 is 11.8 Å². The van der Waals surface area contributed by atoms with Gasteiger partial charge in [-0.05, 0) is 87.2 Å². The monoisotopic (exact) mass is 509 g/mol. The molecular formula is C29H39N3O5. The fraction of sp³-hybridized carbons (Fsp3) is 0.517. The van der Waals surface area contributed by atoms with E-state index in [0.29, 0.717) is 29.6 Å². The number of piperidine rings is 2. The number of nitrogens with zero attached hydrogens (tertiary/aromatic N) is 2. The smallest absolute Gasteiger partial charge is 0.253 e. The number of carbonyl (C=O) groups excluding carboxylic acids is 2. The first-order valence-corrected chi connectivity index (χ1v) is 13.2. The molecule has 2 amide bonds. The molecule has 0 saturated carbocycles. The molecule has 0 spiro atoms. The van der Waals surface area contributed by atoms with Crippen LogP contribution in [0.25, 0.3) is 0 Å². The van der Waals surface area contributed by atoms with Crippen molar-refractivity contribution in [2.45, 2.75) is 38.1 Å². The molecule has 2 aromatic rings. The third-order valence-electron chi connectivity index (χ3n) is 7.67. The van der Waals surface area contributed by atoms with Crippen LogP contribution in [0.4, 0.5) is 0 Å². The highest BCUT2D eigenvalue weighted by atomic mass is 16.5. The summed E-state index contributed by atoms with van der Waals surface area (Å²) in [5.41, 5.74) is 1.81. The zero-order chi connectivity index (χ0) is 26.2.